The van der Waals surface area contributed by atoms with Gasteiger partial charge in [0.1, 0.15) is 17.2 Å². The molecule has 0 aliphatic carbocycles. The Morgan fingerprint density at radius 3 is 2.72 bits per heavy atom. The third-order valence-corrected chi connectivity index (χ3v) is 7.73. The standard InChI is InChI=1S/C30H40N8O5/c1-19-10-11-37(29(41)43-30(2,3)4)25-20(8-7-9-24(25)42-6)14-23(19)38-17-21-15-31-27(34-26(21)35(5)28(38)40)33-22-16-32-36(18-22)12-13-39/h7-9,15-16,18-19,23,39H,10-14,17H2,1-6H3,(H,31,33,34)/t19-,23?/m1/s1. The van der Waals surface area contributed by atoms with Gasteiger partial charge in [-0.25, -0.2) is 14.6 Å². The average molecular weight is 593 g/mol. The predicted molar refractivity (Wildman–Crippen MR) is 162 cm³/mol. The maximum absolute atomic E-state index is 13.9. The number of methoxy groups -OCH3 is 1. The van der Waals surface area contributed by atoms with Crippen LogP contribution in [0.15, 0.2) is 36.8 Å². The summed E-state index contributed by atoms with van der Waals surface area (Å²) >= 11 is 0. The number of ether oxygens (including phenoxy) is 2. The van der Waals surface area contributed by atoms with E-state index < -0.39 is 11.7 Å². The van der Waals surface area contributed by atoms with E-state index in [0.717, 1.165) is 11.1 Å². The molecule has 0 spiro atoms. The highest BCUT2D eigenvalue weighted by molar-refractivity contribution is 5.94. The lowest BCUT2D eigenvalue weighted by Gasteiger charge is -2.43. The zero-order valence-corrected chi connectivity index (χ0v) is 25.6. The number of aliphatic hydroxyl groups excluding tert-OH is 1. The molecule has 2 aromatic heterocycles. The minimum atomic E-state index is -0.646. The lowest BCUT2D eigenvalue weighted by atomic mass is 9.87. The fourth-order valence-electron chi connectivity index (χ4n) is 5.62. The second-order valence-corrected chi connectivity index (χ2v) is 12.0. The summed E-state index contributed by atoms with van der Waals surface area (Å²) in [5, 5.41) is 16.4. The van der Waals surface area contributed by atoms with Crippen molar-refractivity contribution in [2.75, 3.05) is 42.4 Å². The maximum atomic E-state index is 13.9. The van der Waals surface area contributed by atoms with Gasteiger partial charge >= 0.3 is 12.1 Å². The molecule has 2 N–H and O–H groups in total. The van der Waals surface area contributed by atoms with Crippen LogP contribution in [0.4, 0.5) is 32.7 Å². The van der Waals surface area contributed by atoms with Crippen LogP contribution in [-0.2, 0) is 24.2 Å². The molecule has 1 aromatic carbocycles. The first-order chi connectivity index (χ1) is 20.5. The molecule has 0 bridgehead atoms. The van der Waals surface area contributed by atoms with E-state index in [0.29, 0.717) is 61.4 Å². The van der Waals surface area contributed by atoms with Crippen molar-refractivity contribution in [3.8, 4) is 5.75 Å². The van der Waals surface area contributed by atoms with Crippen molar-refractivity contribution in [1.29, 1.82) is 0 Å². The molecule has 2 atom stereocenters. The van der Waals surface area contributed by atoms with Crippen molar-refractivity contribution in [2.24, 2.45) is 5.92 Å². The molecule has 1 unspecified atom stereocenters. The van der Waals surface area contributed by atoms with Gasteiger partial charge in [-0.2, -0.15) is 10.1 Å². The van der Waals surface area contributed by atoms with E-state index in [1.54, 1.807) is 47.2 Å². The monoisotopic (exact) mass is 592 g/mol. The normalized spacial score (nSPS) is 18.9. The number of benzene rings is 1. The molecule has 2 aliphatic rings. The van der Waals surface area contributed by atoms with Gasteiger partial charge in [-0.3, -0.25) is 14.5 Å². The van der Waals surface area contributed by atoms with E-state index in [1.165, 1.54) is 0 Å². The molecule has 13 heteroatoms. The molecule has 3 aromatic rings. The number of anilines is 4. The number of urea groups is 1. The Bertz CT molecular complexity index is 1490. The van der Waals surface area contributed by atoms with Gasteiger partial charge in [0.05, 0.1) is 44.4 Å². The van der Waals surface area contributed by atoms with E-state index in [2.05, 4.69) is 27.3 Å². The Hall–Kier alpha value is -4.39. The summed E-state index contributed by atoms with van der Waals surface area (Å²) in [5.74, 6) is 1.54. The van der Waals surface area contributed by atoms with E-state index in [9.17, 15) is 9.59 Å². The number of hydrogen-bond donors (Lipinski definition) is 2. The number of carbonyl (C=O) groups excluding carboxylic acids is 2. The highest BCUT2D eigenvalue weighted by Crippen LogP contribution is 2.39. The Labute approximate surface area is 251 Å². The highest BCUT2D eigenvalue weighted by Gasteiger charge is 2.39. The molecule has 5 rings (SSSR count). The van der Waals surface area contributed by atoms with Crippen molar-refractivity contribution in [3.63, 3.8) is 0 Å². The Balaban J connectivity index is 1.42. The number of aromatic nitrogens is 4. The summed E-state index contributed by atoms with van der Waals surface area (Å²) in [6.45, 7) is 8.82. The summed E-state index contributed by atoms with van der Waals surface area (Å²) in [5.41, 5.74) is 2.45. The minimum absolute atomic E-state index is 0.0133. The number of nitrogens with one attached hydrogen (secondary N) is 1. The van der Waals surface area contributed by atoms with Gasteiger partial charge in [0.15, 0.2) is 0 Å². The summed E-state index contributed by atoms with van der Waals surface area (Å²) in [6.07, 6.45) is 5.89. The van der Waals surface area contributed by atoms with Crippen LogP contribution in [0.1, 0.15) is 45.2 Å². The van der Waals surface area contributed by atoms with Crippen LogP contribution in [0.25, 0.3) is 0 Å². The molecule has 3 amide bonds. The van der Waals surface area contributed by atoms with Crippen molar-refractivity contribution < 1.29 is 24.2 Å². The van der Waals surface area contributed by atoms with Crippen LogP contribution in [-0.4, -0.2) is 80.8 Å². The van der Waals surface area contributed by atoms with Gasteiger partial charge < -0.3 is 24.8 Å². The van der Waals surface area contributed by atoms with Crippen LogP contribution in [0.2, 0.25) is 0 Å². The zero-order valence-electron chi connectivity index (χ0n) is 25.6. The molecule has 4 heterocycles. The number of carbonyl (C=O) groups is 2. The number of para-hydroxylation sites is 1. The van der Waals surface area contributed by atoms with Crippen molar-refractivity contribution in [3.05, 3.63) is 47.9 Å². The van der Waals surface area contributed by atoms with Gasteiger partial charge in [-0.15, -0.1) is 0 Å². The average Bonchev–Trinajstić information content (AvgIpc) is 3.39. The number of amides is 3. The summed E-state index contributed by atoms with van der Waals surface area (Å²) < 4.78 is 13.1. The van der Waals surface area contributed by atoms with Crippen LogP contribution in [0.3, 0.4) is 0 Å². The molecule has 0 fully saturated rings. The Morgan fingerprint density at radius 1 is 1.21 bits per heavy atom. The first-order valence-corrected chi connectivity index (χ1v) is 14.5. The second-order valence-electron chi connectivity index (χ2n) is 12.0. The number of rotatable bonds is 6. The number of fused-ring (bicyclic) bond motifs is 2. The van der Waals surface area contributed by atoms with Crippen LogP contribution < -0.4 is 19.9 Å². The van der Waals surface area contributed by atoms with E-state index >= 15 is 0 Å². The van der Waals surface area contributed by atoms with E-state index in [-0.39, 0.29) is 24.6 Å². The van der Waals surface area contributed by atoms with Crippen LogP contribution in [0, 0.1) is 5.92 Å². The van der Waals surface area contributed by atoms with Gasteiger partial charge in [0.2, 0.25) is 5.95 Å². The van der Waals surface area contributed by atoms with Gasteiger partial charge in [-0.05, 0) is 51.2 Å². The van der Waals surface area contributed by atoms with Gasteiger partial charge in [0.25, 0.3) is 0 Å². The smallest absolute Gasteiger partial charge is 0.414 e. The highest BCUT2D eigenvalue weighted by atomic mass is 16.6. The van der Waals surface area contributed by atoms with Gasteiger partial charge in [-0.1, -0.05) is 19.1 Å². The van der Waals surface area contributed by atoms with E-state index in [1.807, 2.05) is 43.9 Å². The lowest BCUT2D eigenvalue weighted by molar-refractivity contribution is 0.0572. The maximum Gasteiger partial charge on any atom is 0.414 e. The zero-order chi connectivity index (χ0) is 30.9. The first-order valence-electron chi connectivity index (χ1n) is 14.5. The number of nitrogens with zero attached hydrogens (tertiary/aromatic N) is 7. The van der Waals surface area contributed by atoms with Crippen molar-refractivity contribution in [2.45, 2.75) is 65.3 Å². The predicted octanol–water partition coefficient (Wildman–Crippen LogP) is 4.18. The lowest BCUT2D eigenvalue weighted by Crippen LogP contribution is -2.54. The summed E-state index contributed by atoms with van der Waals surface area (Å²) in [4.78, 5) is 41.5. The topological polar surface area (TPSA) is 138 Å². The summed E-state index contributed by atoms with van der Waals surface area (Å²) in [7, 11) is 3.31. The van der Waals surface area contributed by atoms with Gasteiger partial charge in [0, 0.05) is 37.6 Å². The first kappa shape index (κ1) is 30.1. The van der Waals surface area contributed by atoms with E-state index in [4.69, 9.17) is 14.6 Å². The number of aliphatic hydroxyl groups is 1. The van der Waals surface area contributed by atoms with Crippen molar-refractivity contribution >= 4 is 35.3 Å². The second kappa shape index (κ2) is 12.1. The Morgan fingerprint density at radius 2 is 2.00 bits per heavy atom. The molecule has 230 valence electrons. The molecule has 43 heavy (non-hydrogen) atoms. The minimum Gasteiger partial charge on any atom is -0.495 e. The molecular weight excluding hydrogens is 552 g/mol. The van der Waals surface area contributed by atoms with Crippen LogP contribution >= 0.6 is 0 Å². The third kappa shape index (κ3) is 6.36. The molecule has 0 radical (unpaired) electrons. The SMILES string of the molecule is COc1cccc2c1N(C(=O)OC(C)(C)C)CC[C@@H](C)C(N1Cc3cnc(Nc4cnn(CCO)c4)nc3N(C)C1=O)C2. The largest absolute Gasteiger partial charge is 0.495 e. The molecular formula is C30H40N8O5. The fraction of sp³-hybridized carbons (Fsp3) is 0.500. The summed E-state index contributed by atoms with van der Waals surface area (Å²) in [6, 6.07) is 5.43. The fourth-order valence-corrected chi connectivity index (χ4v) is 5.62. The quantitative estimate of drug-likeness (QED) is 0.432. The van der Waals surface area contributed by atoms with Crippen molar-refractivity contribution in [1.82, 2.24) is 24.6 Å². The molecule has 13 nitrogen and oxygen atoms in total. The Kier molecular flexibility index (Phi) is 8.45. The molecule has 0 saturated carbocycles. The van der Waals surface area contributed by atoms with Crippen LogP contribution in [0.5, 0.6) is 5.75 Å². The third-order valence-electron chi connectivity index (χ3n) is 7.73. The molecule has 0 saturated heterocycles. The number of hydrogen-bond acceptors (Lipinski definition) is 9. The molecule has 2 aliphatic heterocycles.